The summed E-state index contributed by atoms with van der Waals surface area (Å²) in [6, 6.07) is 0. The maximum atomic E-state index is 12.0. The van der Waals surface area contributed by atoms with Crippen molar-refractivity contribution in [3.63, 3.8) is 0 Å². The van der Waals surface area contributed by atoms with Gasteiger partial charge in [-0.15, -0.1) is 0 Å². The summed E-state index contributed by atoms with van der Waals surface area (Å²) < 4.78 is 0. The van der Waals surface area contributed by atoms with Crippen LogP contribution in [0.5, 0.6) is 0 Å². The summed E-state index contributed by atoms with van der Waals surface area (Å²) in [5, 5.41) is 21.3. The van der Waals surface area contributed by atoms with Crippen LogP contribution in [0.2, 0.25) is 0 Å². The predicted octanol–water partition coefficient (Wildman–Crippen LogP) is 2.76. The number of aliphatic hydroxyl groups is 1. The van der Waals surface area contributed by atoms with E-state index in [9.17, 15) is 14.7 Å². The Morgan fingerprint density at radius 1 is 1.18 bits per heavy atom. The lowest BCUT2D eigenvalue weighted by molar-refractivity contribution is -0.116. The molecule has 0 aliphatic heterocycles. The first kappa shape index (κ1) is 16.5. The number of nitrogens with one attached hydrogen (secondary N) is 2. The molecule has 1 heterocycles. The van der Waals surface area contributed by atoms with E-state index in [1.165, 1.54) is 12.4 Å². The van der Waals surface area contributed by atoms with Crippen LogP contribution in [0.3, 0.4) is 0 Å². The first-order chi connectivity index (χ1) is 10.6. The van der Waals surface area contributed by atoms with Crippen LogP contribution in [-0.4, -0.2) is 33.2 Å². The maximum absolute atomic E-state index is 12.0. The topological polar surface area (TPSA) is 102 Å². The zero-order valence-corrected chi connectivity index (χ0v) is 12.7. The molecule has 0 atom stereocenters. The van der Waals surface area contributed by atoms with Gasteiger partial charge in [-0.1, -0.05) is 25.7 Å². The van der Waals surface area contributed by atoms with Crippen molar-refractivity contribution in [1.29, 1.82) is 0 Å². The number of hydrogen-bond donors (Lipinski definition) is 4. The molecule has 0 radical (unpaired) electrons. The molecule has 6 nitrogen and oxygen atoms in total. The van der Waals surface area contributed by atoms with Crippen molar-refractivity contribution >= 4 is 17.6 Å². The molecule has 22 heavy (non-hydrogen) atoms. The molecule has 2 rings (SSSR count). The number of aromatic amines is 1. The first-order valence-corrected chi connectivity index (χ1v) is 7.94. The van der Waals surface area contributed by atoms with Crippen LogP contribution >= 0.6 is 0 Å². The summed E-state index contributed by atoms with van der Waals surface area (Å²) in [5.74, 6) is -0.692. The van der Waals surface area contributed by atoms with Crippen LogP contribution in [0.15, 0.2) is 12.4 Å². The molecule has 1 saturated carbocycles. The van der Waals surface area contributed by atoms with Crippen molar-refractivity contribution in [3.8, 4) is 0 Å². The smallest absolute Gasteiger partial charge is 0.339 e. The molecule has 1 amide bonds. The third-order valence-electron chi connectivity index (χ3n) is 4.33. The lowest BCUT2D eigenvalue weighted by Gasteiger charge is -2.21. The van der Waals surface area contributed by atoms with E-state index in [0.717, 1.165) is 44.9 Å². The van der Waals surface area contributed by atoms with E-state index in [2.05, 4.69) is 10.3 Å². The number of carboxylic acids is 1. The number of rotatable bonds is 5. The van der Waals surface area contributed by atoms with Crippen molar-refractivity contribution in [1.82, 2.24) is 4.98 Å². The summed E-state index contributed by atoms with van der Waals surface area (Å²) in [4.78, 5) is 25.6. The Morgan fingerprint density at radius 2 is 1.86 bits per heavy atom. The van der Waals surface area contributed by atoms with Crippen LogP contribution in [-0.2, 0) is 4.79 Å². The zero-order valence-electron chi connectivity index (χ0n) is 12.7. The Kier molecular flexibility index (Phi) is 6.00. The molecule has 122 valence electrons. The minimum atomic E-state index is -1.06. The minimum absolute atomic E-state index is 0.0771. The normalized spacial score (nSPS) is 22.6. The number of H-pyrrole nitrogens is 1. The standard InChI is InChI=1S/C16H24N2O4/c19-12-5-1-3-11(4-2-6-12)7-8-15(20)18-14-10-17-9-13(14)16(21)22/h9-12,17,19H,1-8H2,(H,18,20)(H,21,22). The Labute approximate surface area is 129 Å². The van der Waals surface area contributed by atoms with E-state index in [1.807, 2.05) is 0 Å². The highest BCUT2D eigenvalue weighted by atomic mass is 16.4. The molecule has 0 saturated heterocycles. The second-order valence-corrected chi connectivity index (χ2v) is 6.06. The highest BCUT2D eigenvalue weighted by Crippen LogP contribution is 2.26. The first-order valence-electron chi connectivity index (χ1n) is 7.94. The molecule has 0 unspecified atom stereocenters. The minimum Gasteiger partial charge on any atom is -0.478 e. The summed E-state index contributed by atoms with van der Waals surface area (Å²) >= 11 is 0. The van der Waals surface area contributed by atoms with Crippen molar-refractivity contribution in [2.75, 3.05) is 5.32 Å². The van der Waals surface area contributed by atoms with Gasteiger partial charge in [-0.3, -0.25) is 4.79 Å². The van der Waals surface area contributed by atoms with Gasteiger partial charge < -0.3 is 20.5 Å². The molecule has 0 spiro atoms. The van der Waals surface area contributed by atoms with Gasteiger partial charge in [0.1, 0.15) is 5.56 Å². The molecule has 1 aromatic rings. The van der Waals surface area contributed by atoms with E-state index in [4.69, 9.17) is 5.11 Å². The Hall–Kier alpha value is -1.82. The van der Waals surface area contributed by atoms with E-state index in [-0.39, 0.29) is 17.6 Å². The van der Waals surface area contributed by atoms with Gasteiger partial charge >= 0.3 is 5.97 Å². The number of aromatic carboxylic acids is 1. The number of aliphatic hydroxyl groups excluding tert-OH is 1. The van der Waals surface area contributed by atoms with Crippen LogP contribution < -0.4 is 5.32 Å². The van der Waals surface area contributed by atoms with E-state index >= 15 is 0 Å². The average Bonchev–Trinajstić information content (AvgIpc) is 2.89. The number of amides is 1. The van der Waals surface area contributed by atoms with Crippen LogP contribution in [0, 0.1) is 5.92 Å². The van der Waals surface area contributed by atoms with Crippen LogP contribution in [0.4, 0.5) is 5.69 Å². The average molecular weight is 308 g/mol. The van der Waals surface area contributed by atoms with Gasteiger partial charge in [0.25, 0.3) is 0 Å². The fourth-order valence-electron chi connectivity index (χ4n) is 3.05. The van der Waals surface area contributed by atoms with Gasteiger partial charge in [0, 0.05) is 18.8 Å². The Balaban J connectivity index is 1.77. The Bertz CT molecular complexity index is 502. The van der Waals surface area contributed by atoms with E-state index < -0.39 is 5.97 Å². The molecule has 6 heteroatoms. The van der Waals surface area contributed by atoms with Gasteiger partial charge in [-0.05, 0) is 25.2 Å². The molecule has 4 N–H and O–H groups in total. The van der Waals surface area contributed by atoms with Gasteiger partial charge in [-0.25, -0.2) is 4.79 Å². The largest absolute Gasteiger partial charge is 0.478 e. The van der Waals surface area contributed by atoms with Crippen LogP contribution in [0.1, 0.15) is 61.7 Å². The summed E-state index contributed by atoms with van der Waals surface area (Å²) in [6.07, 6.45) is 9.73. The maximum Gasteiger partial charge on any atom is 0.339 e. The number of carbonyl (C=O) groups excluding carboxylic acids is 1. The molecule has 1 aliphatic carbocycles. The summed E-state index contributed by atoms with van der Waals surface area (Å²) in [6.45, 7) is 0. The van der Waals surface area contributed by atoms with Gasteiger partial charge in [0.2, 0.25) is 5.91 Å². The second kappa shape index (κ2) is 7.98. The lowest BCUT2D eigenvalue weighted by atomic mass is 9.87. The second-order valence-electron chi connectivity index (χ2n) is 6.06. The number of carbonyl (C=O) groups is 2. The Morgan fingerprint density at radius 3 is 2.50 bits per heavy atom. The molecule has 1 aromatic heterocycles. The van der Waals surface area contributed by atoms with Crippen LogP contribution in [0.25, 0.3) is 0 Å². The van der Waals surface area contributed by atoms with E-state index in [0.29, 0.717) is 18.0 Å². The summed E-state index contributed by atoms with van der Waals surface area (Å²) in [7, 11) is 0. The van der Waals surface area contributed by atoms with E-state index in [1.54, 1.807) is 0 Å². The van der Waals surface area contributed by atoms with Gasteiger partial charge in [0.05, 0.1) is 11.8 Å². The third-order valence-corrected chi connectivity index (χ3v) is 4.33. The molecular weight excluding hydrogens is 284 g/mol. The molecule has 1 aliphatic rings. The SMILES string of the molecule is O=C(CCC1CCCC(O)CCC1)Nc1c[nH]cc1C(=O)O. The lowest BCUT2D eigenvalue weighted by Crippen LogP contribution is -2.17. The number of hydrogen-bond acceptors (Lipinski definition) is 3. The third kappa shape index (κ3) is 4.87. The highest BCUT2D eigenvalue weighted by Gasteiger charge is 2.17. The number of anilines is 1. The number of aromatic nitrogens is 1. The van der Waals surface area contributed by atoms with Gasteiger partial charge in [0.15, 0.2) is 0 Å². The van der Waals surface area contributed by atoms with Crippen molar-refractivity contribution < 1.29 is 19.8 Å². The predicted molar refractivity (Wildman–Crippen MR) is 82.8 cm³/mol. The number of carboxylic acid groups (broad SMARTS) is 1. The zero-order chi connectivity index (χ0) is 15.9. The molecule has 1 fully saturated rings. The van der Waals surface area contributed by atoms with Crippen molar-refractivity contribution in [2.24, 2.45) is 5.92 Å². The molecule has 0 aromatic carbocycles. The summed E-state index contributed by atoms with van der Waals surface area (Å²) in [5.41, 5.74) is 0.395. The quantitative estimate of drug-likeness (QED) is 0.671. The molecular formula is C16H24N2O4. The fraction of sp³-hybridized carbons (Fsp3) is 0.625. The fourth-order valence-corrected chi connectivity index (χ4v) is 3.05. The van der Waals surface area contributed by atoms with Gasteiger partial charge in [-0.2, -0.15) is 0 Å². The molecule has 0 bridgehead atoms. The van der Waals surface area contributed by atoms with Crippen molar-refractivity contribution in [2.45, 2.75) is 57.5 Å². The highest BCUT2D eigenvalue weighted by molar-refractivity contribution is 6.00. The monoisotopic (exact) mass is 308 g/mol. The van der Waals surface area contributed by atoms with Crippen molar-refractivity contribution in [3.05, 3.63) is 18.0 Å².